The number of carbonyl (C=O) groups excluding carboxylic acids is 3. The second-order valence-electron chi connectivity index (χ2n) is 4.57. The predicted molar refractivity (Wildman–Crippen MR) is 72.1 cm³/mol. The molecule has 0 fully saturated rings. The number of esters is 1. The summed E-state index contributed by atoms with van der Waals surface area (Å²) in [6, 6.07) is 8.78. The lowest BCUT2D eigenvalue weighted by Crippen LogP contribution is -2.45. The van der Waals surface area contributed by atoms with Crippen molar-refractivity contribution in [2.24, 2.45) is 0 Å². The van der Waals surface area contributed by atoms with E-state index in [9.17, 15) is 19.5 Å². The third-order valence-corrected chi connectivity index (χ3v) is 3.28. The van der Waals surface area contributed by atoms with Gasteiger partial charge in [-0.1, -0.05) is 44.2 Å². The number of aliphatic hydroxyl groups excluding tert-OH is 1. The van der Waals surface area contributed by atoms with Crippen molar-refractivity contribution in [3.05, 3.63) is 35.9 Å². The van der Waals surface area contributed by atoms with Crippen LogP contribution in [-0.2, 0) is 19.1 Å². The number of rotatable bonds is 7. The normalized spacial score (nSPS) is 14.2. The Bertz CT molecular complexity index is 460. The summed E-state index contributed by atoms with van der Waals surface area (Å²) >= 11 is 0. The van der Waals surface area contributed by atoms with Gasteiger partial charge in [-0.2, -0.15) is 0 Å². The number of benzene rings is 1. The first kappa shape index (κ1) is 16.0. The zero-order valence-electron chi connectivity index (χ0n) is 11.5. The van der Waals surface area contributed by atoms with Crippen LogP contribution in [0.3, 0.4) is 0 Å². The summed E-state index contributed by atoms with van der Waals surface area (Å²) in [5.41, 5.74) is -1.24. The molecule has 1 N–H and O–H groups in total. The minimum Gasteiger partial charge on any atom is -0.441 e. The van der Waals surface area contributed by atoms with Crippen molar-refractivity contribution in [1.82, 2.24) is 0 Å². The van der Waals surface area contributed by atoms with Gasteiger partial charge in [0.25, 0.3) is 0 Å². The Morgan fingerprint density at radius 2 is 1.85 bits per heavy atom. The molecule has 0 aliphatic rings. The zero-order chi connectivity index (χ0) is 15.2. The van der Waals surface area contributed by atoms with E-state index in [0.29, 0.717) is 18.1 Å². The van der Waals surface area contributed by atoms with Gasteiger partial charge in [-0.3, -0.25) is 9.59 Å². The fraction of sp³-hybridized carbons (Fsp3) is 0.400. The van der Waals surface area contributed by atoms with Crippen LogP contribution in [0.15, 0.2) is 30.3 Å². The Labute approximate surface area is 117 Å². The molecule has 2 unspecified atom stereocenters. The van der Waals surface area contributed by atoms with Gasteiger partial charge in [-0.25, -0.2) is 4.79 Å². The molecule has 1 rings (SSSR count). The molecule has 5 heteroatoms. The van der Waals surface area contributed by atoms with Gasteiger partial charge >= 0.3 is 5.97 Å². The number of hydrogen-bond donors (Lipinski definition) is 1. The Morgan fingerprint density at radius 1 is 1.30 bits per heavy atom. The van der Waals surface area contributed by atoms with Crippen molar-refractivity contribution in [1.29, 1.82) is 0 Å². The highest BCUT2D eigenvalue weighted by molar-refractivity contribution is 5.93. The second kappa shape index (κ2) is 6.96. The van der Waals surface area contributed by atoms with Gasteiger partial charge in [0.15, 0.2) is 18.7 Å². The van der Waals surface area contributed by atoms with Gasteiger partial charge in [-0.15, -0.1) is 0 Å². The van der Waals surface area contributed by atoms with Gasteiger partial charge in [0.1, 0.15) is 0 Å². The fourth-order valence-electron chi connectivity index (χ4n) is 1.78. The highest BCUT2D eigenvalue weighted by Crippen LogP contribution is 2.29. The van der Waals surface area contributed by atoms with Crippen LogP contribution in [0.1, 0.15) is 31.7 Å². The highest BCUT2D eigenvalue weighted by atomic mass is 16.6. The molecule has 0 spiro atoms. The van der Waals surface area contributed by atoms with Crippen LogP contribution in [0.25, 0.3) is 0 Å². The van der Waals surface area contributed by atoms with Gasteiger partial charge < -0.3 is 9.84 Å². The van der Waals surface area contributed by atoms with E-state index in [4.69, 9.17) is 4.74 Å². The lowest BCUT2D eigenvalue weighted by Gasteiger charge is -2.29. The lowest BCUT2D eigenvalue weighted by molar-refractivity contribution is -0.174. The predicted octanol–water partition coefficient (Wildman–Crippen LogP) is 1.24. The Balaban J connectivity index is 3.06. The molecule has 0 heterocycles. The Kier molecular flexibility index (Phi) is 5.58. The number of hydrogen-bond acceptors (Lipinski definition) is 5. The molecular weight excluding hydrogens is 260 g/mol. The van der Waals surface area contributed by atoms with Crippen LogP contribution in [-0.4, -0.2) is 35.4 Å². The molecule has 0 saturated carbocycles. The maximum absolute atomic E-state index is 11.7. The number of aldehydes is 2. The second-order valence-corrected chi connectivity index (χ2v) is 4.57. The van der Waals surface area contributed by atoms with Gasteiger partial charge in [0.05, 0.1) is 0 Å². The summed E-state index contributed by atoms with van der Waals surface area (Å²) in [6.45, 7) is 3.21. The zero-order valence-corrected chi connectivity index (χ0v) is 11.5. The third-order valence-electron chi connectivity index (χ3n) is 3.28. The summed E-state index contributed by atoms with van der Waals surface area (Å²) in [5, 5.41) is 9.43. The molecule has 0 aromatic heterocycles. The third kappa shape index (κ3) is 3.30. The van der Waals surface area contributed by atoms with E-state index in [0.717, 1.165) is 0 Å². The molecule has 2 atom stereocenters. The molecule has 0 bridgehead atoms. The highest BCUT2D eigenvalue weighted by Gasteiger charge is 2.42. The van der Waals surface area contributed by atoms with Gasteiger partial charge in [-0.05, 0) is 12.0 Å². The first-order valence-electron chi connectivity index (χ1n) is 6.39. The molecule has 1 aromatic carbocycles. The van der Waals surface area contributed by atoms with E-state index in [1.54, 1.807) is 44.2 Å². The topological polar surface area (TPSA) is 80.7 Å². The van der Waals surface area contributed by atoms with Crippen LogP contribution >= 0.6 is 0 Å². The number of aliphatic hydroxyl groups is 1. The Hall–Kier alpha value is -2.01. The van der Waals surface area contributed by atoms with E-state index in [2.05, 4.69) is 0 Å². The van der Waals surface area contributed by atoms with E-state index in [1.807, 2.05) is 0 Å². The molecule has 0 saturated heterocycles. The summed E-state index contributed by atoms with van der Waals surface area (Å²) in [6.07, 6.45) is -0.598. The standard InChI is InChI=1S/C15H18O5/c1-3-13(18)14(19)20-15(9-16,10-17)11(2)12-7-5-4-6-8-12/h4-11,13,18H,3H2,1-2H3. The average Bonchev–Trinajstić information content (AvgIpc) is 2.51. The molecule has 1 aromatic rings. The monoisotopic (exact) mass is 278 g/mol. The lowest BCUT2D eigenvalue weighted by atomic mass is 9.85. The van der Waals surface area contributed by atoms with Crippen LogP contribution in [0.5, 0.6) is 0 Å². The van der Waals surface area contributed by atoms with Crippen molar-refractivity contribution < 1.29 is 24.2 Å². The van der Waals surface area contributed by atoms with Crippen molar-refractivity contribution in [2.45, 2.75) is 37.9 Å². The molecule has 0 aliphatic carbocycles. The fourth-order valence-corrected chi connectivity index (χ4v) is 1.78. The van der Waals surface area contributed by atoms with E-state index in [-0.39, 0.29) is 6.42 Å². The summed E-state index contributed by atoms with van der Waals surface area (Å²) in [5.74, 6) is -1.62. The maximum Gasteiger partial charge on any atom is 0.336 e. The molecule has 108 valence electrons. The summed E-state index contributed by atoms with van der Waals surface area (Å²) in [4.78, 5) is 34.3. The van der Waals surface area contributed by atoms with Crippen LogP contribution in [0.4, 0.5) is 0 Å². The molecule has 5 nitrogen and oxygen atoms in total. The smallest absolute Gasteiger partial charge is 0.336 e. The molecule has 20 heavy (non-hydrogen) atoms. The van der Waals surface area contributed by atoms with Crippen molar-refractivity contribution >= 4 is 18.5 Å². The molecule has 0 amide bonds. The number of carbonyl (C=O) groups is 3. The Morgan fingerprint density at radius 3 is 2.30 bits per heavy atom. The summed E-state index contributed by atoms with van der Waals surface area (Å²) < 4.78 is 4.98. The van der Waals surface area contributed by atoms with Crippen LogP contribution in [0, 0.1) is 0 Å². The van der Waals surface area contributed by atoms with Crippen molar-refractivity contribution in [3.8, 4) is 0 Å². The van der Waals surface area contributed by atoms with Gasteiger partial charge in [0, 0.05) is 5.92 Å². The first-order chi connectivity index (χ1) is 9.50. The molecule has 0 aliphatic heterocycles. The SMILES string of the molecule is CCC(O)C(=O)OC(C=O)(C=O)C(C)c1ccccc1. The van der Waals surface area contributed by atoms with Crippen LogP contribution < -0.4 is 0 Å². The van der Waals surface area contributed by atoms with Crippen molar-refractivity contribution in [2.75, 3.05) is 0 Å². The summed E-state index contributed by atoms with van der Waals surface area (Å²) in [7, 11) is 0. The van der Waals surface area contributed by atoms with E-state index in [1.165, 1.54) is 0 Å². The molecule has 0 radical (unpaired) electrons. The minimum absolute atomic E-state index is 0.145. The van der Waals surface area contributed by atoms with Crippen LogP contribution in [0.2, 0.25) is 0 Å². The van der Waals surface area contributed by atoms with Crippen molar-refractivity contribution in [3.63, 3.8) is 0 Å². The van der Waals surface area contributed by atoms with E-state index >= 15 is 0 Å². The van der Waals surface area contributed by atoms with Gasteiger partial charge in [0.2, 0.25) is 5.60 Å². The minimum atomic E-state index is -1.92. The largest absolute Gasteiger partial charge is 0.441 e. The quantitative estimate of drug-likeness (QED) is 0.461. The maximum atomic E-state index is 11.7. The van der Waals surface area contributed by atoms with E-state index < -0.39 is 23.6 Å². The average molecular weight is 278 g/mol. The molecular formula is C15H18O5. The number of ether oxygens (including phenoxy) is 1. The first-order valence-corrected chi connectivity index (χ1v) is 6.39.